The van der Waals surface area contributed by atoms with Gasteiger partial charge in [-0.3, -0.25) is 4.99 Å². The van der Waals surface area contributed by atoms with Crippen LogP contribution in [0.25, 0.3) is 11.0 Å². The molecule has 1 aromatic heterocycles. The van der Waals surface area contributed by atoms with Gasteiger partial charge in [0.1, 0.15) is 5.76 Å². The van der Waals surface area contributed by atoms with Gasteiger partial charge in [-0.1, -0.05) is 70.5 Å². The molecule has 0 saturated carbocycles. The van der Waals surface area contributed by atoms with E-state index in [9.17, 15) is 0 Å². The number of nitrogens with zero attached hydrogens (tertiary/aromatic N) is 2. The molecule has 0 atom stereocenters. The Bertz CT molecular complexity index is 842. The van der Waals surface area contributed by atoms with Gasteiger partial charge < -0.3 is 9.72 Å². The van der Waals surface area contributed by atoms with Crippen LogP contribution < -0.4 is 0 Å². The van der Waals surface area contributed by atoms with Crippen molar-refractivity contribution in [3.63, 3.8) is 0 Å². The van der Waals surface area contributed by atoms with Crippen molar-refractivity contribution in [2.24, 2.45) is 10.9 Å². The van der Waals surface area contributed by atoms with Gasteiger partial charge in [0.05, 0.1) is 29.9 Å². The Morgan fingerprint density at radius 2 is 1.86 bits per heavy atom. The van der Waals surface area contributed by atoms with E-state index in [1.54, 1.807) is 11.8 Å². The molecule has 1 N–H and O–H groups in total. The number of hydrogen-bond acceptors (Lipinski definition) is 4. The van der Waals surface area contributed by atoms with Gasteiger partial charge in [0.2, 0.25) is 0 Å². The molecule has 1 aliphatic heterocycles. The van der Waals surface area contributed by atoms with Gasteiger partial charge in [0, 0.05) is 11.3 Å². The molecule has 0 spiro atoms. The minimum absolute atomic E-state index is 0.603. The highest BCUT2D eigenvalue weighted by molar-refractivity contribution is 7.99. The first kappa shape index (κ1) is 23.3. The normalized spacial score (nSPS) is 14.3. The first-order valence-electron chi connectivity index (χ1n) is 10.7. The molecule has 1 aromatic carbocycles. The van der Waals surface area contributed by atoms with Crippen molar-refractivity contribution in [2.45, 2.75) is 59.5 Å². The predicted molar refractivity (Wildman–Crippen MR) is 127 cm³/mol. The molecule has 29 heavy (non-hydrogen) atoms. The number of aromatic amines is 1. The molecule has 0 aliphatic carbocycles. The van der Waals surface area contributed by atoms with Gasteiger partial charge in [-0.2, -0.15) is 0 Å². The summed E-state index contributed by atoms with van der Waals surface area (Å²) in [5.41, 5.74) is 5.50. The molecule has 3 rings (SSSR count). The van der Waals surface area contributed by atoms with E-state index in [0.29, 0.717) is 12.5 Å². The van der Waals surface area contributed by atoms with E-state index in [2.05, 4.69) is 49.8 Å². The molecular formula is C24H35N3OS. The average Bonchev–Trinajstić information content (AvgIpc) is 3.12. The van der Waals surface area contributed by atoms with Crippen molar-refractivity contribution < 1.29 is 4.74 Å². The maximum absolute atomic E-state index is 6.26. The molecule has 0 amide bonds. The standard InChI is InChI=1S/C22H29N3OS.C2H6/c1-5-17(6-2)13-26-21-15(3)11-12-23-20(16(21)4)14-27-22-24-18-9-7-8-10-19(18)25-22;1-2/h7-11,17H,5-6,12-14H2,1-4H3,(H,24,25);1-2H3. The van der Waals surface area contributed by atoms with Crippen LogP contribution in [0.4, 0.5) is 0 Å². The smallest absolute Gasteiger partial charge is 0.166 e. The maximum atomic E-state index is 6.26. The summed E-state index contributed by atoms with van der Waals surface area (Å²) >= 11 is 1.69. The number of hydrogen-bond donors (Lipinski definition) is 1. The molecule has 4 nitrogen and oxygen atoms in total. The van der Waals surface area contributed by atoms with E-state index < -0.39 is 0 Å². The Balaban J connectivity index is 0.00000145. The highest BCUT2D eigenvalue weighted by Crippen LogP contribution is 2.25. The third-order valence-electron chi connectivity index (χ3n) is 5.14. The fourth-order valence-electron chi connectivity index (χ4n) is 3.17. The monoisotopic (exact) mass is 413 g/mol. The van der Waals surface area contributed by atoms with E-state index in [0.717, 1.165) is 58.4 Å². The highest BCUT2D eigenvalue weighted by Gasteiger charge is 2.17. The second-order valence-electron chi connectivity index (χ2n) is 6.97. The van der Waals surface area contributed by atoms with Gasteiger partial charge in [-0.25, -0.2) is 4.98 Å². The summed E-state index contributed by atoms with van der Waals surface area (Å²) in [6.07, 6.45) is 4.45. The molecular weight excluding hydrogens is 378 g/mol. The summed E-state index contributed by atoms with van der Waals surface area (Å²) in [6.45, 7) is 14.2. The summed E-state index contributed by atoms with van der Waals surface area (Å²) in [6, 6.07) is 8.12. The molecule has 2 heterocycles. The number of imidazole rings is 1. The number of ether oxygens (including phenoxy) is 1. The van der Waals surface area contributed by atoms with Crippen LogP contribution in [0.15, 0.2) is 57.4 Å². The van der Waals surface area contributed by atoms with Crippen LogP contribution >= 0.6 is 11.8 Å². The van der Waals surface area contributed by atoms with E-state index >= 15 is 0 Å². The van der Waals surface area contributed by atoms with Gasteiger partial charge >= 0.3 is 0 Å². The third-order valence-corrected chi connectivity index (χ3v) is 6.03. The third kappa shape index (κ3) is 6.23. The highest BCUT2D eigenvalue weighted by atomic mass is 32.2. The summed E-state index contributed by atoms with van der Waals surface area (Å²) in [4.78, 5) is 12.8. The van der Waals surface area contributed by atoms with Crippen LogP contribution in [0.5, 0.6) is 0 Å². The molecule has 0 unspecified atom stereocenters. The molecule has 158 valence electrons. The molecule has 2 aromatic rings. The van der Waals surface area contributed by atoms with Crippen molar-refractivity contribution in [3.8, 4) is 0 Å². The number of allylic oxidation sites excluding steroid dienone is 2. The number of benzene rings is 1. The number of para-hydroxylation sites is 2. The first-order valence-corrected chi connectivity index (χ1v) is 11.7. The quantitative estimate of drug-likeness (QED) is 0.484. The Kier molecular flexibility index (Phi) is 9.52. The number of thioether (sulfide) groups is 1. The zero-order chi connectivity index (χ0) is 21.2. The summed E-state index contributed by atoms with van der Waals surface area (Å²) in [7, 11) is 0. The minimum atomic E-state index is 0.603. The summed E-state index contributed by atoms with van der Waals surface area (Å²) < 4.78 is 6.26. The second-order valence-corrected chi connectivity index (χ2v) is 7.93. The second kappa shape index (κ2) is 11.9. The van der Waals surface area contributed by atoms with Crippen LogP contribution in [0, 0.1) is 5.92 Å². The topological polar surface area (TPSA) is 50.3 Å². The van der Waals surface area contributed by atoms with Crippen molar-refractivity contribution in [1.29, 1.82) is 0 Å². The van der Waals surface area contributed by atoms with Gasteiger partial charge in [-0.05, 0) is 37.5 Å². The van der Waals surface area contributed by atoms with Crippen LogP contribution in [-0.4, -0.2) is 34.6 Å². The molecule has 0 radical (unpaired) electrons. The predicted octanol–water partition coefficient (Wildman–Crippen LogP) is 6.81. The van der Waals surface area contributed by atoms with Crippen molar-refractivity contribution in [3.05, 3.63) is 47.2 Å². The Morgan fingerprint density at radius 1 is 1.14 bits per heavy atom. The van der Waals surface area contributed by atoms with Crippen LogP contribution in [0.1, 0.15) is 54.4 Å². The Labute approximate surface area is 179 Å². The molecule has 0 saturated heterocycles. The number of rotatable bonds is 8. The lowest BCUT2D eigenvalue weighted by Crippen LogP contribution is -2.12. The summed E-state index contributed by atoms with van der Waals surface area (Å²) in [5, 5.41) is 0.931. The minimum Gasteiger partial charge on any atom is -0.493 e. The van der Waals surface area contributed by atoms with E-state index in [1.165, 1.54) is 5.57 Å². The lowest BCUT2D eigenvalue weighted by Gasteiger charge is -2.18. The van der Waals surface area contributed by atoms with Gasteiger partial charge in [0.15, 0.2) is 5.16 Å². The van der Waals surface area contributed by atoms with E-state index in [1.807, 2.05) is 32.0 Å². The Morgan fingerprint density at radius 3 is 2.55 bits per heavy atom. The first-order chi connectivity index (χ1) is 14.1. The number of fused-ring (bicyclic) bond motifs is 1. The fourth-order valence-corrected chi connectivity index (χ4v) is 4.09. The maximum Gasteiger partial charge on any atom is 0.166 e. The van der Waals surface area contributed by atoms with Gasteiger partial charge in [0.25, 0.3) is 0 Å². The SMILES string of the molecule is CC.CCC(CC)COC1=C(C)C(CSc2nc3ccccc3[nH]2)=NCC=C1C. The Hall–Kier alpha value is -2.01. The molecule has 1 aliphatic rings. The van der Waals surface area contributed by atoms with E-state index in [4.69, 9.17) is 9.73 Å². The van der Waals surface area contributed by atoms with E-state index in [-0.39, 0.29) is 0 Å². The lowest BCUT2D eigenvalue weighted by atomic mass is 10.0. The van der Waals surface area contributed by atoms with Gasteiger partial charge in [-0.15, -0.1) is 0 Å². The summed E-state index contributed by atoms with van der Waals surface area (Å²) in [5.74, 6) is 2.39. The lowest BCUT2D eigenvalue weighted by molar-refractivity contribution is 0.164. The fraction of sp³-hybridized carbons (Fsp3) is 0.500. The number of H-pyrrole nitrogens is 1. The zero-order valence-electron chi connectivity index (χ0n) is 18.7. The largest absolute Gasteiger partial charge is 0.493 e. The van der Waals surface area contributed by atoms with Crippen molar-refractivity contribution in [2.75, 3.05) is 18.9 Å². The van der Waals surface area contributed by atoms with Crippen LogP contribution in [-0.2, 0) is 4.74 Å². The average molecular weight is 414 g/mol. The number of aliphatic imine (C=N–C) groups is 1. The van der Waals surface area contributed by atoms with Crippen LogP contribution in [0.3, 0.4) is 0 Å². The molecule has 0 fully saturated rings. The van der Waals surface area contributed by atoms with Crippen molar-refractivity contribution in [1.82, 2.24) is 9.97 Å². The van der Waals surface area contributed by atoms with Crippen molar-refractivity contribution >= 4 is 28.5 Å². The number of nitrogens with one attached hydrogen (secondary N) is 1. The number of aromatic nitrogens is 2. The van der Waals surface area contributed by atoms with Crippen LogP contribution in [0.2, 0.25) is 0 Å². The molecule has 0 bridgehead atoms. The molecule has 5 heteroatoms. The zero-order valence-corrected chi connectivity index (χ0v) is 19.5.